The van der Waals surface area contributed by atoms with E-state index in [-0.39, 0.29) is 0 Å². The summed E-state index contributed by atoms with van der Waals surface area (Å²) >= 11 is 1.69. The van der Waals surface area contributed by atoms with Crippen LogP contribution in [0.3, 0.4) is 0 Å². The summed E-state index contributed by atoms with van der Waals surface area (Å²) in [5.74, 6) is -0.824. The minimum atomic E-state index is -0.423. The lowest BCUT2D eigenvalue weighted by molar-refractivity contribution is -0.114. The van der Waals surface area contributed by atoms with Gasteiger partial charge in [0.05, 0.1) is 17.8 Å². The normalized spacial score (nSPS) is 14.1. The maximum Gasteiger partial charge on any atom is 0.299 e. The number of thiophene rings is 1. The summed E-state index contributed by atoms with van der Waals surface area (Å²) in [4.78, 5) is 27.9. The number of hydrogen-bond acceptors (Lipinski definition) is 3. The zero-order valence-electron chi connectivity index (χ0n) is 10.6. The number of carbonyl (C=O) groups excluding carboxylic acids is 2. The molecule has 0 spiro atoms. The Bertz CT molecular complexity index is 660. The Labute approximate surface area is 115 Å². The van der Waals surface area contributed by atoms with Gasteiger partial charge in [-0.05, 0) is 30.7 Å². The van der Waals surface area contributed by atoms with Crippen molar-refractivity contribution in [3.05, 3.63) is 51.7 Å². The van der Waals surface area contributed by atoms with E-state index in [0.717, 1.165) is 17.0 Å². The number of Topliss-reactive ketones (excluding diaryl/α,β-unsaturated/α-hetero) is 1. The summed E-state index contributed by atoms with van der Waals surface area (Å²) < 4.78 is 0. The Morgan fingerprint density at radius 3 is 2.53 bits per heavy atom. The lowest BCUT2D eigenvalue weighted by Crippen LogP contribution is -2.28. The fraction of sp³-hybridized carbons (Fsp3) is 0.200. The van der Waals surface area contributed by atoms with E-state index in [4.69, 9.17) is 0 Å². The second kappa shape index (κ2) is 4.63. The predicted molar refractivity (Wildman–Crippen MR) is 75.7 cm³/mol. The number of aryl methyl sites for hydroxylation is 1. The van der Waals surface area contributed by atoms with Gasteiger partial charge in [-0.15, -0.1) is 11.3 Å². The number of rotatable bonds is 3. The number of anilines is 1. The molecule has 0 saturated carbocycles. The molecule has 3 rings (SSSR count). The highest BCUT2D eigenvalue weighted by Crippen LogP contribution is 2.31. The third kappa shape index (κ3) is 1.98. The molecule has 96 valence electrons. The molecule has 1 amide bonds. The number of fused-ring (bicyclic) bond motifs is 1. The van der Waals surface area contributed by atoms with Gasteiger partial charge < -0.3 is 0 Å². The first-order valence-electron chi connectivity index (χ1n) is 6.23. The van der Waals surface area contributed by atoms with Crippen LogP contribution in [0.2, 0.25) is 0 Å². The number of nitrogens with zero attached hydrogens (tertiary/aromatic N) is 1. The molecule has 0 atom stereocenters. The maximum absolute atomic E-state index is 12.0. The monoisotopic (exact) mass is 271 g/mol. The van der Waals surface area contributed by atoms with Crippen molar-refractivity contribution < 1.29 is 9.59 Å². The van der Waals surface area contributed by atoms with Crippen LogP contribution in [-0.2, 0) is 17.8 Å². The molecule has 0 radical (unpaired) electrons. The Morgan fingerprint density at radius 1 is 1.05 bits per heavy atom. The molecule has 1 aromatic carbocycles. The van der Waals surface area contributed by atoms with Crippen LogP contribution in [0.25, 0.3) is 0 Å². The molecule has 19 heavy (non-hydrogen) atoms. The van der Waals surface area contributed by atoms with Gasteiger partial charge in [-0.1, -0.05) is 19.1 Å². The van der Waals surface area contributed by atoms with Gasteiger partial charge in [0.25, 0.3) is 11.7 Å². The molecule has 0 aliphatic carbocycles. The number of benzene rings is 1. The smallest absolute Gasteiger partial charge is 0.299 e. The topological polar surface area (TPSA) is 37.4 Å². The zero-order valence-corrected chi connectivity index (χ0v) is 11.4. The fourth-order valence-corrected chi connectivity index (χ4v) is 3.21. The highest BCUT2D eigenvalue weighted by Gasteiger charge is 2.35. The summed E-state index contributed by atoms with van der Waals surface area (Å²) in [7, 11) is 0. The molecular weight excluding hydrogens is 258 g/mol. The Balaban J connectivity index is 1.93. The van der Waals surface area contributed by atoms with E-state index in [1.165, 1.54) is 4.88 Å². The lowest BCUT2D eigenvalue weighted by Gasteiger charge is -2.15. The minimum Gasteiger partial charge on any atom is -0.300 e. The molecule has 0 saturated heterocycles. The summed E-state index contributed by atoms with van der Waals surface area (Å²) in [6.07, 6.45) is 0.994. The van der Waals surface area contributed by atoms with E-state index in [2.05, 4.69) is 13.0 Å². The van der Waals surface area contributed by atoms with Crippen LogP contribution in [0.4, 0.5) is 5.69 Å². The molecule has 0 unspecified atom stereocenters. The first-order valence-corrected chi connectivity index (χ1v) is 7.05. The molecule has 1 aliphatic rings. The number of ketones is 1. The van der Waals surface area contributed by atoms with Gasteiger partial charge in [-0.25, -0.2) is 0 Å². The van der Waals surface area contributed by atoms with Crippen molar-refractivity contribution in [1.82, 2.24) is 0 Å². The van der Waals surface area contributed by atoms with E-state index in [1.54, 1.807) is 28.4 Å². The van der Waals surface area contributed by atoms with E-state index in [9.17, 15) is 9.59 Å². The largest absolute Gasteiger partial charge is 0.300 e. The van der Waals surface area contributed by atoms with E-state index < -0.39 is 11.7 Å². The quantitative estimate of drug-likeness (QED) is 0.805. The van der Waals surface area contributed by atoms with Crippen LogP contribution in [0.5, 0.6) is 0 Å². The second-order valence-electron chi connectivity index (χ2n) is 4.46. The molecule has 0 bridgehead atoms. The Hall–Kier alpha value is -1.94. The summed E-state index contributed by atoms with van der Waals surface area (Å²) in [6.45, 7) is 2.59. The van der Waals surface area contributed by atoms with Crippen molar-refractivity contribution >= 4 is 28.7 Å². The lowest BCUT2D eigenvalue weighted by atomic mass is 10.1. The Kier molecular flexibility index (Phi) is 2.95. The second-order valence-corrected chi connectivity index (χ2v) is 5.71. The van der Waals surface area contributed by atoms with Gasteiger partial charge in [-0.3, -0.25) is 14.5 Å². The van der Waals surface area contributed by atoms with Crippen LogP contribution in [-0.4, -0.2) is 11.7 Å². The van der Waals surface area contributed by atoms with Gasteiger partial charge in [0.1, 0.15) is 0 Å². The third-order valence-corrected chi connectivity index (χ3v) is 4.47. The minimum absolute atomic E-state index is 0.400. The van der Waals surface area contributed by atoms with Gasteiger partial charge in [-0.2, -0.15) is 0 Å². The molecule has 1 aromatic heterocycles. The summed E-state index contributed by atoms with van der Waals surface area (Å²) in [6, 6.07) is 11.3. The molecule has 4 heteroatoms. The van der Waals surface area contributed by atoms with Crippen molar-refractivity contribution in [1.29, 1.82) is 0 Å². The maximum atomic E-state index is 12.0. The van der Waals surface area contributed by atoms with E-state index in [0.29, 0.717) is 12.1 Å². The van der Waals surface area contributed by atoms with Crippen LogP contribution >= 0.6 is 11.3 Å². The van der Waals surface area contributed by atoms with Crippen LogP contribution in [0.1, 0.15) is 27.0 Å². The average molecular weight is 271 g/mol. The van der Waals surface area contributed by atoms with Gasteiger partial charge >= 0.3 is 0 Å². The van der Waals surface area contributed by atoms with Gasteiger partial charge in [0, 0.05) is 9.75 Å². The third-order valence-electron chi connectivity index (χ3n) is 3.26. The SMILES string of the molecule is CCc1ccc(CN2C(=O)C(=O)c3ccccc32)s1. The summed E-state index contributed by atoms with van der Waals surface area (Å²) in [5, 5.41) is 0. The van der Waals surface area contributed by atoms with Crippen LogP contribution in [0.15, 0.2) is 36.4 Å². The molecule has 0 fully saturated rings. The van der Waals surface area contributed by atoms with Gasteiger partial charge in [0.2, 0.25) is 0 Å². The van der Waals surface area contributed by atoms with E-state index >= 15 is 0 Å². The first kappa shape index (κ1) is 12.1. The molecule has 1 aliphatic heterocycles. The van der Waals surface area contributed by atoms with Crippen LogP contribution in [0, 0.1) is 0 Å². The molecular formula is C15H13NO2S. The fourth-order valence-electron chi connectivity index (χ4n) is 2.26. The molecule has 3 nitrogen and oxygen atoms in total. The number of para-hydroxylation sites is 1. The highest BCUT2D eigenvalue weighted by atomic mass is 32.1. The predicted octanol–water partition coefficient (Wildman–Crippen LogP) is 3.04. The number of carbonyl (C=O) groups is 2. The van der Waals surface area contributed by atoms with Crippen molar-refractivity contribution in [2.45, 2.75) is 19.9 Å². The van der Waals surface area contributed by atoms with Crippen molar-refractivity contribution in [2.75, 3.05) is 4.90 Å². The molecule has 2 heterocycles. The number of hydrogen-bond donors (Lipinski definition) is 0. The first-order chi connectivity index (χ1) is 9.20. The number of amides is 1. The average Bonchev–Trinajstić information content (AvgIpc) is 2.99. The van der Waals surface area contributed by atoms with Crippen molar-refractivity contribution in [2.24, 2.45) is 0 Å². The molecule has 2 aromatic rings. The zero-order chi connectivity index (χ0) is 13.4. The Morgan fingerprint density at radius 2 is 1.79 bits per heavy atom. The van der Waals surface area contributed by atoms with E-state index in [1.807, 2.05) is 18.2 Å². The van der Waals surface area contributed by atoms with Crippen molar-refractivity contribution in [3.63, 3.8) is 0 Å². The highest BCUT2D eigenvalue weighted by molar-refractivity contribution is 7.12. The summed E-state index contributed by atoms with van der Waals surface area (Å²) in [5.41, 5.74) is 1.24. The van der Waals surface area contributed by atoms with Gasteiger partial charge in [0.15, 0.2) is 0 Å². The molecule has 0 N–H and O–H groups in total. The van der Waals surface area contributed by atoms with Crippen molar-refractivity contribution in [3.8, 4) is 0 Å². The van der Waals surface area contributed by atoms with Crippen LogP contribution < -0.4 is 4.90 Å². The standard InChI is InChI=1S/C15H13NO2S/c1-2-10-7-8-11(19-10)9-16-13-6-4-3-5-12(13)14(17)15(16)18/h3-8H,2,9H2,1H3.